The summed E-state index contributed by atoms with van der Waals surface area (Å²) in [6.45, 7) is 1.12. The number of hydrogen-bond donors (Lipinski definition) is 1. The van der Waals surface area contributed by atoms with Gasteiger partial charge in [-0.05, 0) is 12.1 Å². The third-order valence-electron chi connectivity index (χ3n) is 2.15. The number of rotatable bonds is 3. The number of para-hydroxylation sites is 1. The molecule has 2 N–H and O–H groups in total. The van der Waals surface area contributed by atoms with Gasteiger partial charge in [0.2, 0.25) is 0 Å². The van der Waals surface area contributed by atoms with Gasteiger partial charge in [0.05, 0.1) is 0 Å². The number of anilines is 1. The molecule has 1 heterocycles. The molecule has 1 aromatic carbocycles. The Balaban J connectivity index is 2.43. The van der Waals surface area contributed by atoms with Crippen LogP contribution in [0.15, 0.2) is 22.6 Å². The zero-order valence-electron chi connectivity index (χ0n) is 8.40. The van der Waals surface area contributed by atoms with E-state index in [2.05, 4.69) is 4.98 Å². The van der Waals surface area contributed by atoms with Crippen LogP contribution in [0, 0.1) is 5.82 Å². The zero-order valence-corrected chi connectivity index (χ0v) is 8.40. The molecule has 4 nitrogen and oxygen atoms in total. The summed E-state index contributed by atoms with van der Waals surface area (Å²) in [4.78, 5) is 5.81. The molecule has 0 radical (unpaired) electrons. The van der Waals surface area contributed by atoms with E-state index in [4.69, 9.17) is 10.2 Å². The number of fused-ring (bicyclic) bond motifs is 1. The van der Waals surface area contributed by atoms with Crippen molar-refractivity contribution in [3.8, 4) is 0 Å². The smallest absolute Gasteiger partial charge is 0.298 e. The average Bonchev–Trinajstić information content (AvgIpc) is 2.63. The van der Waals surface area contributed by atoms with E-state index in [1.807, 2.05) is 0 Å². The molecule has 0 fully saturated rings. The van der Waals surface area contributed by atoms with Crippen LogP contribution in [-0.2, 0) is 0 Å². The molecule has 0 aliphatic carbocycles. The van der Waals surface area contributed by atoms with Gasteiger partial charge >= 0.3 is 0 Å². The Morgan fingerprint density at radius 3 is 3.00 bits per heavy atom. The monoisotopic (exact) mass is 209 g/mol. The quantitative estimate of drug-likeness (QED) is 0.829. The van der Waals surface area contributed by atoms with E-state index in [9.17, 15) is 4.39 Å². The summed E-state index contributed by atoms with van der Waals surface area (Å²) in [5.74, 6) is -0.372. The van der Waals surface area contributed by atoms with E-state index in [1.165, 1.54) is 6.07 Å². The van der Waals surface area contributed by atoms with Crippen molar-refractivity contribution in [2.75, 3.05) is 25.0 Å². The van der Waals surface area contributed by atoms with E-state index in [1.54, 1.807) is 24.1 Å². The summed E-state index contributed by atoms with van der Waals surface area (Å²) in [5.41, 5.74) is 6.12. The lowest BCUT2D eigenvalue weighted by atomic mass is 10.3. The molecule has 0 unspecified atom stereocenters. The molecule has 0 saturated carbocycles. The Bertz CT molecular complexity index is 469. The lowest BCUT2D eigenvalue weighted by Gasteiger charge is -2.11. The third kappa shape index (κ3) is 1.78. The predicted octanol–water partition coefficient (Wildman–Crippen LogP) is 1.36. The molecule has 0 aliphatic heterocycles. The van der Waals surface area contributed by atoms with Crippen molar-refractivity contribution in [2.45, 2.75) is 0 Å². The van der Waals surface area contributed by atoms with E-state index in [0.29, 0.717) is 24.7 Å². The van der Waals surface area contributed by atoms with Gasteiger partial charge < -0.3 is 15.1 Å². The topological polar surface area (TPSA) is 55.3 Å². The van der Waals surface area contributed by atoms with Gasteiger partial charge in [-0.25, -0.2) is 4.39 Å². The number of nitrogens with zero attached hydrogens (tertiary/aromatic N) is 2. The van der Waals surface area contributed by atoms with Crippen LogP contribution in [0.5, 0.6) is 0 Å². The second kappa shape index (κ2) is 3.86. The van der Waals surface area contributed by atoms with Gasteiger partial charge in [0.15, 0.2) is 11.4 Å². The van der Waals surface area contributed by atoms with Crippen LogP contribution >= 0.6 is 0 Å². The predicted molar refractivity (Wildman–Crippen MR) is 56.3 cm³/mol. The second-order valence-electron chi connectivity index (χ2n) is 3.29. The summed E-state index contributed by atoms with van der Waals surface area (Å²) in [7, 11) is 1.80. The minimum Gasteiger partial charge on any atom is -0.423 e. The van der Waals surface area contributed by atoms with E-state index in [0.717, 1.165) is 0 Å². The molecule has 5 heteroatoms. The highest BCUT2D eigenvalue weighted by molar-refractivity contribution is 5.75. The summed E-state index contributed by atoms with van der Waals surface area (Å²) in [5, 5.41) is 0. The number of likely N-dealkylation sites (N-methyl/N-ethyl adjacent to an activating group) is 1. The van der Waals surface area contributed by atoms with Crippen molar-refractivity contribution in [3.05, 3.63) is 24.0 Å². The fourth-order valence-corrected chi connectivity index (χ4v) is 1.36. The maximum Gasteiger partial charge on any atom is 0.298 e. The number of nitrogens with two attached hydrogens (primary N) is 1. The molecule has 0 atom stereocenters. The van der Waals surface area contributed by atoms with E-state index in [-0.39, 0.29) is 11.3 Å². The summed E-state index contributed by atoms with van der Waals surface area (Å²) >= 11 is 0. The first kappa shape index (κ1) is 9.92. The van der Waals surface area contributed by atoms with Gasteiger partial charge in [-0.2, -0.15) is 4.98 Å². The molecule has 0 bridgehead atoms. The lowest BCUT2D eigenvalue weighted by molar-refractivity contribution is 0.583. The molecular weight excluding hydrogens is 197 g/mol. The fraction of sp³-hybridized carbons (Fsp3) is 0.300. The Kier molecular flexibility index (Phi) is 2.55. The van der Waals surface area contributed by atoms with Crippen LogP contribution < -0.4 is 10.6 Å². The van der Waals surface area contributed by atoms with Crippen molar-refractivity contribution >= 4 is 17.1 Å². The van der Waals surface area contributed by atoms with Crippen molar-refractivity contribution in [3.63, 3.8) is 0 Å². The molecule has 0 amide bonds. The average molecular weight is 209 g/mol. The third-order valence-corrected chi connectivity index (χ3v) is 2.15. The minimum absolute atomic E-state index is 0.261. The number of hydrogen-bond acceptors (Lipinski definition) is 4. The van der Waals surface area contributed by atoms with Crippen LogP contribution in [0.1, 0.15) is 0 Å². The Hall–Kier alpha value is -1.62. The maximum absolute atomic E-state index is 13.3. The minimum atomic E-state index is -0.372. The van der Waals surface area contributed by atoms with Gasteiger partial charge in [-0.1, -0.05) is 6.07 Å². The largest absolute Gasteiger partial charge is 0.423 e. The molecule has 0 aliphatic rings. The van der Waals surface area contributed by atoms with Crippen molar-refractivity contribution in [2.24, 2.45) is 5.73 Å². The molecule has 15 heavy (non-hydrogen) atoms. The van der Waals surface area contributed by atoms with Crippen molar-refractivity contribution in [1.82, 2.24) is 4.98 Å². The highest BCUT2D eigenvalue weighted by atomic mass is 19.1. The first-order valence-corrected chi connectivity index (χ1v) is 4.68. The molecule has 2 aromatic rings. The van der Waals surface area contributed by atoms with Gasteiger partial charge in [-0.15, -0.1) is 0 Å². The van der Waals surface area contributed by atoms with Crippen molar-refractivity contribution in [1.29, 1.82) is 0 Å². The highest BCUT2D eigenvalue weighted by Crippen LogP contribution is 2.22. The van der Waals surface area contributed by atoms with Gasteiger partial charge in [0, 0.05) is 20.1 Å². The number of benzene rings is 1. The van der Waals surface area contributed by atoms with Crippen LogP contribution in [0.25, 0.3) is 11.1 Å². The number of halogens is 1. The first-order valence-electron chi connectivity index (χ1n) is 4.68. The normalized spacial score (nSPS) is 10.9. The summed E-state index contributed by atoms with van der Waals surface area (Å²) in [6.07, 6.45) is 0. The van der Waals surface area contributed by atoms with E-state index < -0.39 is 0 Å². The Labute approximate surface area is 86.5 Å². The standard InChI is InChI=1S/C10H12FN3O/c1-14(6-5-12)10-13-9-7(11)3-2-4-8(9)15-10/h2-4H,5-6,12H2,1H3. The first-order chi connectivity index (χ1) is 7.22. The van der Waals surface area contributed by atoms with Gasteiger partial charge in [0.25, 0.3) is 6.01 Å². The molecule has 2 rings (SSSR count). The Morgan fingerprint density at radius 2 is 2.33 bits per heavy atom. The van der Waals surface area contributed by atoms with Gasteiger partial charge in [0.1, 0.15) is 5.52 Å². The lowest BCUT2D eigenvalue weighted by Crippen LogP contribution is -2.25. The van der Waals surface area contributed by atoms with Crippen LogP contribution in [-0.4, -0.2) is 25.1 Å². The molecule has 0 saturated heterocycles. The number of aromatic nitrogens is 1. The SMILES string of the molecule is CN(CCN)c1nc2c(F)cccc2o1. The van der Waals surface area contributed by atoms with E-state index >= 15 is 0 Å². The summed E-state index contributed by atoms with van der Waals surface area (Å²) < 4.78 is 18.7. The second-order valence-corrected chi connectivity index (χ2v) is 3.29. The maximum atomic E-state index is 13.3. The number of oxazole rings is 1. The van der Waals surface area contributed by atoms with Gasteiger partial charge in [-0.3, -0.25) is 0 Å². The summed E-state index contributed by atoms with van der Waals surface area (Å²) in [6, 6.07) is 5.03. The molecule has 0 spiro atoms. The highest BCUT2D eigenvalue weighted by Gasteiger charge is 2.12. The van der Waals surface area contributed by atoms with Crippen molar-refractivity contribution < 1.29 is 8.81 Å². The van der Waals surface area contributed by atoms with Crippen LogP contribution in [0.4, 0.5) is 10.4 Å². The molecule has 80 valence electrons. The fourth-order valence-electron chi connectivity index (χ4n) is 1.36. The molecular formula is C10H12FN3O. The Morgan fingerprint density at radius 1 is 1.53 bits per heavy atom. The zero-order chi connectivity index (χ0) is 10.8. The molecule has 1 aromatic heterocycles. The van der Waals surface area contributed by atoms with Crippen LogP contribution in [0.2, 0.25) is 0 Å². The van der Waals surface area contributed by atoms with Crippen LogP contribution in [0.3, 0.4) is 0 Å².